The molecule has 1 saturated carbocycles. The number of ether oxygens (including phenoxy) is 1. The second-order valence-electron chi connectivity index (χ2n) is 6.87. The highest BCUT2D eigenvalue weighted by Crippen LogP contribution is 2.27. The van der Waals surface area contributed by atoms with Crippen molar-refractivity contribution >= 4 is 35.6 Å². The van der Waals surface area contributed by atoms with Crippen molar-refractivity contribution in [2.45, 2.75) is 45.4 Å². The quantitative estimate of drug-likeness (QED) is 0.292. The largest absolute Gasteiger partial charge is 0.490 e. The van der Waals surface area contributed by atoms with Crippen LogP contribution < -0.4 is 15.4 Å². The van der Waals surface area contributed by atoms with Crippen LogP contribution in [-0.4, -0.2) is 33.2 Å². The Hall–Kier alpha value is -2.36. The lowest BCUT2D eigenvalue weighted by molar-refractivity contribution is 0.119. The second kappa shape index (κ2) is 10.4. The minimum absolute atomic E-state index is 0. The molecule has 0 unspecified atom stereocenters. The van der Waals surface area contributed by atoms with Gasteiger partial charge in [0.05, 0.1) is 19.2 Å². The first kappa shape index (κ1) is 21.4. The van der Waals surface area contributed by atoms with Gasteiger partial charge >= 0.3 is 0 Å². The lowest BCUT2D eigenvalue weighted by atomic mass is 9.96. The Kier molecular flexibility index (Phi) is 7.68. The number of benzene rings is 1. The van der Waals surface area contributed by atoms with Crippen LogP contribution in [0.25, 0.3) is 5.65 Å². The summed E-state index contributed by atoms with van der Waals surface area (Å²) in [4.78, 5) is 4.73. The minimum atomic E-state index is 0. The summed E-state index contributed by atoms with van der Waals surface area (Å²) < 4.78 is 8.08. The molecule has 1 aromatic carbocycles. The van der Waals surface area contributed by atoms with Gasteiger partial charge in [-0.3, -0.25) is 4.40 Å². The van der Waals surface area contributed by atoms with Gasteiger partial charge in [-0.1, -0.05) is 24.3 Å². The predicted octanol–water partition coefficient (Wildman–Crippen LogP) is 3.53. The molecule has 0 bridgehead atoms. The van der Waals surface area contributed by atoms with E-state index in [0.717, 1.165) is 48.1 Å². The Morgan fingerprint density at radius 3 is 2.76 bits per heavy atom. The van der Waals surface area contributed by atoms with Crippen molar-refractivity contribution in [2.75, 3.05) is 6.54 Å². The lowest BCUT2D eigenvalue weighted by Gasteiger charge is -2.27. The number of aromatic nitrogens is 3. The van der Waals surface area contributed by atoms with Gasteiger partial charge in [-0.2, -0.15) is 0 Å². The summed E-state index contributed by atoms with van der Waals surface area (Å²) in [5.41, 5.74) is 1.93. The zero-order chi connectivity index (χ0) is 19.2. The first-order valence-electron chi connectivity index (χ1n) is 9.89. The fourth-order valence-corrected chi connectivity index (χ4v) is 3.10. The molecule has 0 saturated heterocycles. The summed E-state index contributed by atoms with van der Waals surface area (Å²) in [6.07, 6.45) is 5.88. The Morgan fingerprint density at radius 2 is 1.97 bits per heavy atom. The molecule has 1 aliphatic rings. The molecule has 2 heterocycles. The van der Waals surface area contributed by atoms with Crippen molar-refractivity contribution in [2.24, 2.45) is 4.99 Å². The molecule has 1 aliphatic carbocycles. The van der Waals surface area contributed by atoms with Crippen molar-refractivity contribution in [3.63, 3.8) is 0 Å². The molecule has 0 aliphatic heterocycles. The van der Waals surface area contributed by atoms with Gasteiger partial charge in [0.15, 0.2) is 17.4 Å². The Bertz CT molecular complexity index is 953. The molecule has 0 radical (unpaired) electrons. The van der Waals surface area contributed by atoms with Gasteiger partial charge in [-0.15, -0.1) is 34.2 Å². The molecular weight excluding hydrogens is 479 g/mol. The number of pyridine rings is 1. The number of nitrogens with zero attached hydrogens (tertiary/aromatic N) is 4. The molecule has 29 heavy (non-hydrogen) atoms. The Morgan fingerprint density at radius 1 is 1.14 bits per heavy atom. The number of halogens is 1. The van der Waals surface area contributed by atoms with Crippen LogP contribution in [0.1, 0.15) is 37.6 Å². The number of nitrogens with one attached hydrogen (secondary N) is 2. The molecule has 8 heteroatoms. The summed E-state index contributed by atoms with van der Waals surface area (Å²) in [5.74, 6) is 2.53. The normalized spacial score (nSPS) is 14.2. The standard InChI is InChI=1S/C21H26N6O.HI/c1-2-22-21(24-15-20-26-25-19-12-5-6-13-27(19)20)23-14-16-8-3-4-11-18(16)28-17-9-7-10-17;/h3-6,8,11-13,17H,2,7,9-10,14-15H2,1H3,(H2,22,23,24);1H. The number of fused-ring (bicyclic) bond motifs is 1. The first-order chi connectivity index (χ1) is 13.8. The van der Waals surface area contributed by atoms with Crippen molar-refractivity contribution in [1.82, 2.24) is 25.2 Å². The van der Waals surface area contributed by atoms with Crippen LogP contribution in [0.4, 0.5) is 0 Å². The van der Waals surface area contributed by atoms with Crippen molar-refractivity contribution < 1.29 is 4.74 Å². The van der Waals surface area contributed by atoms with E-state index in [2.05, 4.69) is 33.8 Å². The van der Waals surface area contributed by atoms with Crippen molar-refractivity contribution in [3.05, 3.63) is 60.0 Å². The number of guanidine groups is 1. The molecular formula is C21H27IN6O. The zero-order valence-corrected chi connectivity index (χ0v) is 18.9. The predicted molar refractivity (Wildman–Crippen MR) is 125 cm³/mol. The van der Waals surface area contributed by atoms with E-state index in [1.54, 1.807) is 0 Å². The third kappa shape index (κ3) is 5.37. The van der Waals surface area contributed by atoms with Crippen LogP contribution in [0.2, 0.25) is 0 Å². The molecule has 2 aromatic heterocycles. The molecule has 3 aromatic rings. The molecule has 4 rings (SSSR count). The SMILES string of the molecule is CCNC(=NCc1ccccc1OC1CCC1)NCc1nnc2ccccn12.I. The van der Waals surface area contributed by atoms with Crippen LogP contribution in [0.15, 0.2) is 53.7 Å². The van der Waals surface area contributed by atoms with Crippen molar-refractivity contribution in [1.29, 1.82) is 0 Å². The second-order valence-corrected chi connectivity index (χ2v) is 6.87. The third-order valence-corrected chi connectivity index (χ3v) is 4.87. The summed E-state index contributed by atoms with van der Waals surface area (Å²) in [6, 6.07) is 14.0. The molecule has 0 amide bonds. The van der Waals surface area contributed by atoms with Crippen LogP contribution in [-0.2, 0) is 13.1 Å². The summed E-state index contributed by atoms with van der Waals surface area (Å²) >= 11 is 0. The highest BCUT2D eigenvalue weighted by molar-refractivity contribution is 14.0. The number of hydrogen-bond donors (Lipinski definition) is 2. The van der Waals surface area contributed by atoms with Crippen LogP contribution >= 0.6 is 24.0 Å². The van der Waals surface area contributed by atoms with Crippen molar-refractivity contribution in [3.8, 4) is 5.75 Å². The molecule has 7 nitrogen and oxygen atoms in total. The van der Waals surface area contributed by atoms with E-state index in [-0.39, 0.29) is 24.0 Å². The van der Waals surface area contributed by atoms with Gasteiger partial charge in [0.25, 0.3) is 0 Å². The Balaban J connectivity index is 0.00000240. The van der Waals surface area contributed by atoms with Gasteiger partial charge in [0.1, 0.15) is 5.75 Å². The van der Waals surface area contributed by atoms with Gasteiger partial charge in [-0.25, -0.2) is 4.99 Å². The highest BCUT2D eigenvalue weighted by atomic mass is 127. The van der Waals surface area contributed by atoms with E-state index in [1.807, 2.05) is 47.0 Å². The van der Waals surface area contributed by atoms with E-state index in [1.165, 1.54) is 6.42 Å². The fraction of sp³-hybridized carbons (Fsp3) is 0.381. The van der Waals surface area contributed by atoms with Crippen LogP contribution in [0, 0.1) is 0 Å². The number of hydrogen-bond acceptors (Lipinski definition) is 4. The number of aliphatic imine (C=N–C) groups is 1. The maximum absolute atomic E-state index is 6.11. The van der Waals surface area contributed by atoms with E-state index >= 15 is 0 Å². The van der Waals surface area contributed by atoms with Gasteiger partial charge < -0.3 is 15.4 Å². The van der Waals surface area contributed by atoms with Gasteiger partial charge in [0.2, 0.25) is 0 Å². The zero-order valence-electron chi connectivity index (χ0n) is 16.5. The van der Waals surface area contributed by atoms with Gasteiger partial charge in [0, 0.05) is 18.3 Å². The summed E-state index contributed by atoms with van der Waals surface area (Å²) in [7, 11) is 0. The maximum atomic E-state index is 6.11. The van der Waals surface area contributed by atoms with E-state index < -0.39 is 0 Å². The molecule has 2 N–H and O–H groups in total. The number of para-hydroxylation sites is 1. The lowest BCUT2D eigenvalue weighted by Crippen LogP contribution is -2.37. The average molecular weight is 506 g/mol. The minimum Gasteiger partial charge on any atom is -0.490 e. The molecule has 0 atom stereocenters. The Labute approximate surface area is 188 Å². The fourth-order valence-electron chi connectivity index (χ4n) is 3.10. The number of rotatable bonds is 7. The summed E-state index contributed by atoms with van der Waals surface area (Å²) in [6.45, 7) is 3.93. The van der Waals surface area contributed by atoms with E-state index in [4.69, 9.17) is 9.73 Å². The topological polar surface area (TPSA) is 75.8 Å². The first-order valence-corrected chi connectivity index (χ1v) is 9.89. The smallest absolute Gasteiger partial charge is 0.191 e. The molecule has 0 spiro atoms. The highest BCUT2D eigenvalue weighted by Gasteiger charge is 2.20. The van der Waals surface area contributed by atoms with Gasteiger partial charge in [-0.05, 0) is 44.4 Å². The van der Waals surface area contributed by atoms with E-state index in [9.17, 15) is 0 Å². The monoisotopic (exact) mass is 506 g/mol. The third-order valence-electron chi connectivity index (χ3n) is 4.87. The molecule has 154 valence electrons. The van der Waals surface area contributed by atoms with E-state index in [0.29, 0.717) is 19.2 Å². The molecule has 1 fully saturated rings. The van der Waals surface area contributed by atoms with Crippen LogP contribution in [0.5, 0.6) is 5.75 Å². The average Bonchev–Trinajstić information content (AvgIpc) is 3.11. The van der Waals surface area contributed by atoms with Crippen LogP contribution in [0.3, 0.4) is 0 Å². The maximum Gasteiger partial charge on any atom is 0.191 e. The summed E-state index contributed by atoms with van der Waals surface area (Å²) in [5, 5.41) is 15.1.